The molecular formula is C22H28N6O2. The molecule has 1 amide bonds. The van der Waals surface area contributed by atoms with Crippen molar-refractivity contribution in [1.29, 1.82) is 0 Å². The molecule has 1 saturated heterocycles. The quantitative estimate of drug-likeness (QED) is 0.621. The van der Waals surface area contributed by atoms with Gasteiger partial charge in [0.25, 0.3) is 0 Å². The van der Waals surface area contributed by atoms with Gasteiger partial charge < -0.3 is 24.8 Å². The highest BCUT2D eigenvalue weighted by atomic mass is 16.5. The Morgan fingerprint density at radius 2 is 1.93 bits per heavy atom. The number of hydrogen-bond donors (Lipinski definition) is 2. The summed E-state index contributed by atoms with van der Waals surface area (Å²) < 4.78 is 8.02. The summed E-state index contributed by atoms with van der Waals surface area (Å²) in [7, 11) is 2.02. The van der Waals surface area contributed by atoms with Gasteiger partial charge >= 0.3 is 0 Å². The van der Waals surface area contributed by atoms with Crippen molar-refractivity contribution in [2.45, 2.75) is 26.2 Å². The number of amides is 1. The average Bonchev–Trinajstić information content (AvgIpc) is 3.04. The number of nitrogens with zero attached hydrogens (tertiary/aromatic N) is 4. The lowest BCUT2D eigenvalue weighted by Crippen LogP contribution is -2.34. The van der Waals surface area contributed by atoms with Crippen molar-refractivity contribution >= 4 is 28.7 Å². The summed E-state index contributed by atoms with van der Waals surface area (Å²) in [5.74, 6) is 2.43. The molecular weight excluding hydrogens is 380 g/mol. The van der Waals surface area contributed by atoms with Crippen molar-refractivity contribution in [1.82, 2.24) is 19.4 Å². The molecule has 3 heterocycles. The summed E-state index contributed by atoms with van der Waals surface area (Å²) in [5, 5.41) is 6.12. The number of likely N-dealkylation sites (tertiary alicyclic amines) is 1. The molecule has 1 aliphatic rings. The van der Waals surface area contributed by atoms with Gasteiger partial charge in [-0.25, -0.2) is 9.97 Å². The van der Waals surface area contributed by atoms with Crippen LogP contribution in [0.1, 0.15) is 26.2 Å². The summed E-state index contributed by atoms with van der Waals surface area (Å²) in [6, 6.07) is 9.28. The lowest BCUT2D eigenvalue weighted by Gasteiger charge is -2.26. The molecule has 0 unspecified atom stereocenters. The fourth-order valence-corrected chi connectivity index (χ4v) is 3.77. The molecule has 0 saturated carbocycles. The Labute approximate surface area is 176 Å². The molecule has 3 aromatic rings. The zero-order chi connectivity index (χ0) is 20.9. The van der Waals surface area contributed by atoms with Crippen LogP contribution in [0.15, 0.2) is 36.5 Å². The second-order valence-corrected chi connectivity index (χ2v) is 7.63. The van der Waals surface area contributed by atoms with Gasteiger partial charge in [0.2, 0.25) is 11.9 Å². The maximum Gasteiger partial charge on any atom is 0.222 e. The van der Waals surface area contributed by atoms with E-state index in [1.165, 1.54) is 39.3 Å². The van der Waals surface area contributed by atoms with Crippen LogP contribution in [0.2, 0.25) is 0 Å². The van der Waals surface area contributed by atoms with Gasteiger partial charge in [-0.1, -0.05) is 6.42 Å². The standard InChI is InChI=1S/C22H28N6O2/c1-16(29)25-21-15-18(8-9-23-21)30-17-6-7-20-19(14-17)26-22(27(20)2)24-10-13-28-11-4-3-5-12-28/h6-9,14-15H,3-5,10-13H2,1-2H3,(H,24,26)(H,23,25,29). The van der Waals surface area contributed by atoms with Gasteiger partial charge in [-0.3, -0.25) is 4.79 Å². The first-order valence-electron chi connectivity index (χ1n) is 10.4. The molecule has 8 heteroatoms. The first kappa shape index (κ1) is 20.2. The van der Waals surface area contributed by atoms with Crippen LogP contribution in [0.25, 0.3) is 11.0 Å². The van der Waals surface area contributed by atoms with E-state index in [1.807, 2.05) is 25.2 Å². The number of nitrogens with one attached hydrogen (secondary N) is 2. The van der Waals surface area contributed by atoms with Gasteiger partial charge in [0.15, 0.2) is 0 Å². The Morgan fingerprint density at radius 1 is 1.13 bits per heavy atom. The second kappa shape index (κ2) is 9.13. The smallest absolute Gasteiger partial charge is 0.222 e. The summed E-state index contributed by atoms with van der Waals surface area (Å²) in [6.45, 7) is 5.76. The molecule has 158 valence electrons. The minimum Gasteiger partial charge on any atom is -0.457 e. The van der Waals surface area contributed by atoms with Crippen LogP contribution in [-0.2, 0) is 11.8 Å². The number of imidazole rings is 1. The predicted octanol–water partition coefficient (Wildman–Crippen LogP) is 3.62. The predicted molar refractivity (Wildman–Crippen MR) is 118 cm³/mol. The number of aryl methyl sites for hydroxylation is 1. The highest BCUT2D eigenvalue weighted by molar-refractivity contribution is 5.87. The van der Waals surface area contributed by atoms with Crippen molar-refractivity contribution in [3.05, 3.63) is 36.5 Å². The Morgan fingerprint density at radius 3 is 2.73 bits per heavy atom. The van der Waals surface area contributed by atoms with Gasteiger partial charge in [0.1, 0.15) is 17.3 Å². The summed E-state index contributed by atoms with van der Waals surface area (Å²) >= 11 is 0. The molecule has 1 fully saturated rings. The molecule has 2 aromatic heterocycles. The van der Waals surface area contributed by atoms with Crippen molar-refractivity contribution < 1.29 is 9.53 Å². The minimum atomic E-state index is -0.171. The average molecular weight is 409 g/mol. The van der Waals surface area contributed by atoms with Crippen LogP contribution >= 0.6 is 0 Å². The summed E-state index contributed by atoms with van der Waals surface area (Å²) in [4.78, 5) is 22.6. The number of anilines is 2. The van der Waals surface area contributed by atoms with E-state index in [1.54, 1.807) is 18.3 Å². The van der Waals surface area contributed by atoms with Crippen LogP contribution in [-0.4, -0.2) is 51.5 Å². The third kappa shape index (κ3) is 4.88. The lowest BCUT2D eigenvalue weighted by atomic mass is 10.1. The molecule has 2 N–H and O–H groups in total. The fraction of sp³-hybridized carbons (Fsp3) is 0.409. The van der Waals surface area contributed by atoms with Gasteiger partial charge in [0.05, 0.1) is 11.0 Å². The van der Waals surface area contributed by atoms with Gasteiger partial charge in [-0.15, -0.1) is 0 Å². The van der Waals surface area contributed by atoms with Crippen molar-refractivity contribution in [3.8, 4) is 11.5 Å². The highest BCUT2D eigenvalue weighted by Gasteiger charge is 2.12. The van der Waals surface area contributed by atoms with E-state index in [2.05, 4.69) is 25.1 Å². The zero-order valence-electron chi connectivity index (χ0n) is 17.5. The Kier molecular flexibility index (Phi) is 6.13. The van der Waals surface area contributed by atoms with E-state index in [4.69, 9.17) is 9.72 Å². The third-order valence-corrected chi connectivity index (χ3v) is 5.28. The molecule has 0 atom stereocenters. The number of pyridine rings is 1. The second-order valence-electron chi connectivity index (χ2n) is 7.63. The van der Waals surface area contributed by atoms with E-state index in [-0.39, 0.29) is 5.91 Å². The fourth-order valence-electron chi connectivity index (χ4n) is 3.77. The van der Waals surface area contributed by atoms with Gasteiger partial charge in [-0.2, -0.15) is 0 Å². The van der Waals surface area contributed by atoms with E-state index in [0.717, 1.165) is 30.1 Å². The minimum absolute atomic E-state index is 0.171. The largest absolute Gasteiger partial charge is 0.457 e. The summed E-state index contributed by atoms with van der Waals surface area (Å²) in [5.41, 5.74) is 1.91. The number of aromatic nitrogens is 3. The number of carbonyl (C=O) groups is 1. The van der Waals surface area contributed by atoms with Crippen molar-refractivity contribution in [2.75, 3.05) is 36.8 Å². The van der Waals surface area contributed by atoms with Crippen LogP contribution in [0.3, 0.4) is 0 Å². The first-order valence-corrected chi connectivity index (χ1v) is 10.4. The summed E-state index contributed by atoms with van der Waals surface area (Å²) in [6.07, 6.45) is 5.56. The lowest BCUT2D eigenvalue weighted by molar-refractivity contribution is -0.114. The normalized spacial score (nSPS) is 14.6. The van der Waals surface area contributed by atoms with Crippen molar-refractivity contribution in [2.24, 2.45) is 7.05 Å². The highest BCUT2D eigenvalue weighted by Crippen LogP contribution is 2.27. The number of hydrogen-bond acceptors (Lipinski definition) is 6. The zero-order valence-corrected chi connectivity index (χ0v) is 17.5. The van der Waals surface area contributed by atoms with Crippen LogP contribution in [0, 0.1) is 0 Å². The first-order chi connectivity index (χ1) is 14.6. The Bertz CT molecular complexity index is 1030. The maximum absolute atomic E-state index is 11.2. The maximum atomic E-state index is 11.2. The number of piperidine rings is 1. The molecule has 0 radical (unpaired) electrons. The molecule has 4 rings (SSSR count). The van der Waals surface area contributed by atoms with E-state index < -0.39 is 0 Å². The van der Waals surface area contributed by atoms with Gasteiger partial charge in [-0.05, 0) is 44.1 Å². The number of carbonyl (C=O) groups excluding carboxylic acids is 1. The molecule has 30 heavy (non-hydrogen) atoms. The number of ether oxygens (including phenoxy) is 1. The van der Waals surface area contributed by atoms with E-state index in [9.17, 15) is 4.79 Å². The topological polar surface area (TPSA) is 84.3 Å². The molecule has 0 spiro atoms. The molecule has 0 bridgehead atoms. The van der Waals surface area contributed by atoms with Gasteiger partial charge in [0, 0.05) is 45.4 Å². The van der Waals surface area contributed by atoms with E-state index in [0.29, 0.717) is 17.3 Å². The number of rotatable bonds is 7. The number of benzene rings is 1. The Balaban J connectivity index is 1.43. The molecule has 1 aliphatic heterocycles. The Hall–Kier alpha value is -3.13. The number of fused-ring (bicyclic) bond motifs is 1. The monoisotopic (exact) mass is 408 g/mol. The van der Waals surface area contributed by atoms with Crippen LogP contribution < -0.4 is 15.4 Å². The SMILES string of the molecule is CC(=O)Nc1cc(Oc2ccc3c(c2)nc(NCCN2CCCCC2)n3C)ccn1. The van der Waals surface area contributed by atoms with Crippen molar-refractivity contribution in [3.63, 3.8) is 0 Å². The van der Waals surface area contributed by atoms with E-state index >= 15 is 0 Å². The third-order valence-electron chi connectivity index (χ3n) is 5.28. The molecule has 0 aliphatic carbocycles. The van der Waals surface area contributed by atoms with Crippen LogP contribution in [0.5, 0.6) is 11.5 Å². The molecule has 8 nitrogen and oxygen atoms in total. The van der Waals surface area contributed by atoms with Crippen LogP contribution in [0.4, 0.5) is 11.8 Å². The molecule has 1 aromatic carbocycles.